The maximum Gasteiger partial charge on any atom is 0.416 e. The van der Waals surface area contributed by atoms with Gasteiger partial charge in [0.1, 0.15) is 5.82 Å². The van der Waals surface area contributed by atoms with Crippen molar-refractivity contribution >= 4 is 5.82 Å². The van der Waals surface area contributed by atoms with Crippen LogP contribution in [-0.4, -0.2) is 16.6 Å². The second kappa shape index (κ2) is 7.54. The molecule has 1 heterocycles. The number of hydrogen-bond donors (Lipinski definition) is 0. The number of rotatable bonds is 5. The Bertz CT molecular complexity index is 952. The van der Waals surface area contributed by atoms with Crippen LogP contribution in [0.1, 0.15) is 22.3 Å². The number of anilines is 1. The van der Waals surface area contributed by atoms with Gasteiger partial charge in [0.15, 0.2) is 0 Å². The topological polar surface area (TPSA) is 44.9 Å². The number of nitriles is 1. The third kappa shape index (κ3) is 4.29. The van der Waals surface area contributed by atoms with E-state index < -0.39 is 11.7 Å². The zero-order chi connectivity index (χ0) is 19.4. The Kier molecular flexibility index (Phi) is 5.17. The molecule has 0 aliphatic carbocycles. The van der Waals surface area contributed by atoms with Crippen molar-refractivity contribution in [2.75, 3.05) is 11.9 Å². The van der Waals surface area contributed by atoms with Crippen molar-refractivity contribution in [2.45, 2.75) is 19.3 Å². The van der Waals surface area contributed by atoms with Gasteiger partial charge in [-0.05, 0) is 29.3 Å². The lowest BCUT2D eigenvalue weighted by Crippen LogP contribution is -2.22. The van der Waals surface area contributed by atoms with E-state index in [1.807, 2.05) is 16.7 Å². The van der Waals surface area contributed by atoms with Crippen LogP contribution in [0.3, 0.4) is 0 Å². The summed E-state index contributed by atoms with van der Waals surface area (Å²) in [6.45, 7) is 0.612. The van der Waals surface area contributed by atoms with E-state index in [1.54, 1.807) is 42.7 Å². The van der Waals surface area contributed by atoms with Gasteiger partial charge in [-0.15, -0.1) is 0 Å². The van der Waals surface area contributed by atoms with Crippen LogP contribution in [0, 0.1) is 11.3 Å². The molecule has 3 aromatic rings. The van der Waals surface area contributed by atoms with Gasteiger partial charge in [0.05, 0.1) is 36.3 Å². The molecule has 2 aromatic carbocycles. The summed E-state index contributed by atoms with van der Waals surface area (Å²) in [5, 5.41) is 8.87. The van der Waals surface area contributed by atoms with E-state index in [9.17, 15) is 13.2 Å². The molecular formula is C20H17F3N4. The largest absolute Gasteiger partial charge is 0.416 e. The third-order valence-corrected chi connectivity index (χ3v) is 4.25. The Labute approximate surface area is 155 Å². The molecule has 138 valence electrons. The van der Waals surface area contributed by atoms with E-state index in [0.29, 0.717) is 17.9 Å². The first-order valence-electron chi connectivity index (χ1n) is 8.24. The summed E-state index contributed by atoms with van der Waals surface area (Å²) in [5.74, 6) is 0.705. The summed E-state index contributed by atoms with van der Waals surface area (Å²) in [7, 11) is 1.74. The number of hydrogen-bond acceptors (Lipinski definition) is 3. The van der Waals surface area contributed by atoms with E-state index in [1.165, 1.54) is 12.1 Å². The van der Waals surface area contributed by atoms with E-state index in [4.69, 9.17) is 5.26 Å². The van der Waals surface area contributed by atoms with Gasteiger partial charge in [-0.3, -0.25) is 0 Å². The minimum atomic E-state index is -4.39. The van der Waals surface area contributed by atoms with Crippen LogP contribution < -0.4 is 4.90 Å². The molecule has 0 saturated carbocycles. The van der Waals surface area contributed by atoms with E-state index >= 15 is 0 Å². The highest BCUT2D eigenvalue weighted by molar-refractivity contribution is 5.41. The van der Waals surface area contributed by atoms with Crippen LogP contribution in [0.4, 0.5) is 19.0 Å². The van der Waals surface area contributed by atoms with Gasteiger partial charge < -0.3 is 9.47 Å². The molecule has 0 spiro atoms. The lowest BCUT2D eigenvalue weighted by atomic mass is 10.1. The van der Waals surface area contributed by atoms with Crippen LogP contribution in [0.2, 0.25) is 0 Å². The smallest absolute Gasteiger partial charge is 0.355 e. The van der Waals surface area contributed by atoms with Crippen molar-refractivity contribution < 1.29 is 13.2 Å². The predicted molar refractivity (Wildman–Crippen MR) is 96.0 cm³/mol. The van der Waals surface area contributed by atoms with Crippen molar-refractivity contribution in [1.82, 2.24) is 9.55 Å². The molecule has 0 atom stereocenters. The number of halogens is 3. The first-order chi connectivity index (χ1) is 12.9. The zero-order valence-corrected chi connectivity index (χ0v) is 14.6. The minimum absolute atomic E-state index is 0.106. The average Bonchev–Trinajstić information content (AvgIpc) is 3.10. The van der Waals surface area contributed by atoms with E-state index in [2.05, 4.69) is 11.1 Å². The van der Waals surface area contributed by atoms with Crippen LogP contribution in [-0.2, 0) is 19.3 Å². The zero-order valence-electron chi connectivity index (χ0n) is 14.6. The molecule has 0 unspecified atom stereocenters. The van der Waals surface area contributed by atoms with Crippen molar-refractivity contribution in [3.05, 3.63) is 83.3 Å². The fourth-order valence-electron chi connectivity index (χ4n) is 2.91. The Morgan fingerprint density at radius 2 is 1.81 bits per heavy atom. The summed E-state index contributed by atoms with van der Waals surface area (Å²) in [4.78, 5) is 5.87. The Morgan fingerprint density at radius 1 is 1.11 bits per heavy atom. The maximum absolute atomic E-state index is 13.2. The lowest BCUT2D eigenvalue weighted by molar-refractivity contribution is -0.138. The van der Waals surface area contributed by atoms with E-state index in [0.717, 1.165) is 11.6 Å². The van der Waals surface area contributed by atoms with Gasteiger partial charge in [0.25, 0.3) is 0 Å². The molecule has 3 rings (SSSR count). The van der Waals surface area contributed by atoms with Gasteiger partial charge in [-0.2, -0.15) is 18.4 Å². The highest BCUT2D eigenvalue weighted by Gasteiger charge is 2.33. The molecule has 0 radical (unpaired) electrons. The number of alkyl halides is 3. The van der Waals surface area contributed by atoms with Gasteiger partial charge in [-0.25, -0.2) is 4.98 Å². The van der Waals surface area contributed by atoms with Crippen LogP contribution in [0.25, 0.3) is 0 Å². The van der Waals surface area contributed by atoms with Crippen LogP contribution >= 0.6 is 0 Å². The molecule has 0 aliphatic heterocycles. The highest BCUT2D eigenvalue weighted by Crippen LogP contribution is 2.32. The SMILES string of the molecule is CN(Cc1ccccc1C(F)(F)F)c1cncn1Cc1ccc(C#N)cc1. The molecule has 0 fully saturated rings. The Balaban J connectivity index is 1.80. The minimum Gasteiger partial charge on any atom is -0.355 e. The maximum atomic E-state index is 13.2. The second-order valence-corrected chi connectivity index (χ2v) is 6.20. The molecule has 0 bridgehead atoms. The predicted octanol–water partition coefficient (Wildman–Crippen LogP) is 4.46. The average molecular weight is 370 g/mol. The molecule has 1 aromatic heterocycles. The Morgan fingerprint density at radius 3 is 2.48 bits per heavy atom. The molecule has 0 aliphatic rings. The molecule has 27 heavy (non-hydrogen) atoms. The normalized spacial score (nSPS) is 11.2. The Hall–Kier alpha value is -3.27. The molecule has 0 saturated heterocycles. The number of benzene rings is 2. The number of nitrogens with zero attached hydrogens (tertiary/aromatic N) is 4. The molecular weight excluding hydrogens is 353 g/mol. The van der Waals surface area contributed by atoms with Gasteiger partial charge in [0, 0.05) is 13.6 Å². The van der Waals surface area contributed by atoms with Crippen LogP contribution in [0.5, 0.6) is 0 Å². The summed E-state index contributed by atoms with van der Waals surface area (Å²) in [6, 6.07) is 14.8. The highest BCUT2D eigenvalue weighted by atomic mass is 19.4. The standard InChI is InChI=1S/C20H17F3N4/c1-26(13-17-4-2-3-5-18(17)20(21,22)23)19-11-25-14-27(19)12-16-8-6-15(10-24)7-9-16/h2-9,11,14H,12-13H2,1H3. The van der Waals surface area contributed by atoms with Crippen molar-refractivity contribution in [1.29, 1.82) is 5.26 Å². The second-order valence-electron chi connectivity index (χ2n) is 6.20. The third-order valence-electron chi connectivity index (χ3n) is 4.25. The van der Waals surface area contributed by atoms with Crippen LogP contribution in [0.15, 0.2) is 61.1 Å². The summed E-state index contributed by atoms with van der Waals surface area (Å²) >= 11 is 0. The van der Waals surface area contributed by atoms with Gasteiger partial charge >= 0.3 is 6.18 Å². The number of aromatic nitrogens is 2. The molecule has 0 amide bonds. The summed E-state index contributed by atoms with van der Waals surface area (Å²) in [5.41, 5.74) is 1.12. The van der Waals surface area contributed by atoms with Crippen molar-refractivity contribution in [3.8, 4) is 6.07 Å². The quantitative estimate of drug-likeness (QED) is 0.666. The monoisotopic (exact) mass is 370 g/mol. The first kappa shape index (κ1) is 18.5. The molecule has 0 N–H and O–H groups in total. The summed E-state index contributed by atoms with van der Waals surface area (Å²) in [6.07, 6.45) is -1.13. The van der Waals surface area contributed by atoms with E-state index in [-0.39, 0.29) is 12.1 Å². The van der Waals surface area contributed by atoms with Gasteiger partial charge in [0.2, 0.25) is 0 Å². The lowest BCUT2D eigenvalue weighted by Gasteiger charge is -2.23. The number of imidazole rings is 1. The van der Waals surface area contributed by atoms with Crippen molar-refractivity contribution in [2.24, 2.45) is 0 Å². The summed E-state index contributed by atoms with van der Waals surface area (Å²) < 4.78 is 41.5. The molecule has 4 nitrogen and oxygen atoms in total. The fraction of sp³-hybridized carbons (Fsp3) is 0.200. The fourth-order valence-corrected chi connectivity index (χ4v) is 2.91. The van der Waals surface area contributed by atoms with Crippen molar-refractivity contribution in [3.63, 3.8) is 0 Å². The first-order valence-corrected chi connectivity index (χ1v) is 8.24. The van der Waals surface area contributed by atoms with Gasteiger partial charge in [-0.1, -0.05) is 30.3 Å². The molecule has 7 heteroatoms.